The molecule has 0 saturated carbocycles. The summed E-state index contributed by atoms with van der Waals surface area (Å²) in [5.41, 5.74) is 1.84. The van der Waals surface area contributed by atoms with E-state index >= 15 is 0 Å². The van der Waals surface area contributed by atoms with Crippen LogP contribution in [0.2, 0.25) is 0 Å². The van der Waals surface area contributed by atoms with Crippen LogP contribution in [0.1, 0.15) is 11.1 Å². The maximum atomic E-state index is 11.8. The van der Waals surface area contributed by atoms with Crippen molar-refractivity contribution in [2.75, 3.05) is 0 Å². The van der Waals surface area contributed by atoms with Crippen LogP contribution in [0.5, 0.6) is 0 Å². The molecule has 0 aliphatic carbocycles. The average molecular weight is 484 g/mol. The molecule has 0 heterocycles. The Balaban J connectivity index is 1.82. The van der Waals surface area contributed by atoms with Gasteiger partial charge in [0.2, 0.25) is 10.2 Å². The zero-order valence-corrected chi connectivity index (χ0v) is 17.1. The van der Waals surface area contributed by atoms with Crippen LogP contribution >= 0.6 is 53.4 Å². The number of hydrogen-bond acceptors (Lipinski definition) is 4. The second kappa shape index (κ2) is 10.0. The van der Waals surface area contributed by atoms with Gasteiger partial charge in [-0.05, 0) is 69.1 Å². The van der Waals surface area contributed by atoms with Crippen molar-refractivity contribution in [3.63, 3.8) is 0 Å². The summed E-state index contributed by atoms with van der Waals surface area (Å²) in [5, 5.41) is -0.353. The normalized spacial score (nSPS) is 11.2. The topological polar surface area (TPSA) is 34.1 Å². The van der Waals surface area contributed by atoms with Crippen LogP contribution in [0.15, 0.2) is 69.6 Å². The Hall–Kier alpha value is -1.08. The summed E-state index contributed by atoms with van der Waals surface area (Å²) in [6.07, 6.45) is 6.38. The summed E-state index contributed by atoms with van der Waals surface area (Å²) in [5.74, 6) is 0. The van der Waals surface area contributed by atoms with Gasteiger partial charge in [-0.25, -0.2) is 0 Å². The molecule has 0 aromatic heterocycles. The molecule has 2 rings (SSSR count). The van der Waals surface area contributed by atoms with Crippen molar-refractivity contribution in [1.82, 2.24) is 0 Å². The molecule has 6 heteroatoms. The molecule has 0 aliphatic rings. The first kappa shape index (κ1) is 19.2. The number of hydrogen-bond donors (Lipinski definition) is 0. The second-order valence-electron chi connectivity index (χ2n) is 4.58. The van der Waals surface area contributed by atoms with E-state index in [4.69, 9.17) is 0 Å². The zero-order valence-electron chi connectivity index (χ0n) is 12.3. The van der Waals surface area contributed by atoms with Gasteiger partial charge in [0, 0.05) is 8.95 Å². The molecule has 0 unspecified atom stereocenters. The lowest BCUT2D eigenvalue weighted by atomic mass is 10.2. The van der Waals surface area contributed by atoms with Crippen molar-refractivity contribution in [1.29, 1.82) is 0 Å². The number of rotatable bonds is 4. The van der Waals surface area contributed by atoms with Crippen molar-refractivity contribution in [3.8, 4) is 0 Å². The second-order valence-corrected chi connectivity index (χ2v) is 8.55. The van der Waals surface area contributed by atoms with Crippen LogP contribution in [0.3, 0.4) is 0 Å². The van der Waals surface area contributed by atoms with E-state index in [0.717, 1.165) is 41.7 Å². The number of carbonyl (C=O) groups is 2. The monoisotopic (exact) mass is 482 g/mol. The fourth-order valence-electron chi connectivity index (χ4n) is 1.69. The van der Waals surface area contributed by atoms with E-state index in [2.05, 4.69) is 31.9 Å². The Morgan fingerprint density at radius 2 is 1.17 bits per heavy atom. The number of carbonyl (C=O) groups excluding carboxylic acids is 2. The fraction of sp³-hybridized carbons (Fsp3) is 0. The average Bonchev–Trinajstić information content (AvgIpc) is 2.56. The smallest absolute Gasteiger partial charge is 0.223 e. The van der Waals surface area contributed by atoms with Gasteiger partial charge in [0.15, 0.2) is 0 Å². The minimum absolute atomic E-state index is 0.177. The van der Waals surface area contributed by atoms with Gasteiger partial charge < -0.3 is 0 Å². The number of halogens is 2. The van der Waals surface area contributed by atoms with Crippen LogP contribution in [0.4, 0.5) is 0 Å². The SMILES string of the molecule is O=C(/C=C/c1cccc(Br)c1)SSC(=O)/C=C/c1cccc(Br)c1. The molecule has 0 radical (unpaired) electrons. The molecule has 24 heavy (non-hydrogen) atoms. The molecule has 0 bridgehead atoms. The lowest BCUT2D eigenvalue weighted by molar-refractivity contribution is -0.108. The molecule has 0 spiro atoms. The highest BCUT2D eigenvalue weighted by Crippen LogP contribution is 2.25. The van der Waals surface area contributed by atoms with E-state index in [0.29, 0.717) is 0 Å². The minimum Gasteiger partial charge on any atom is -0.281 e. The fourth-order valence-corrected chi connectivity index (χ4v) is 3.76. The molecule has 122 valence electrons. The Morgan fingerprint density at radius 1 is 0.750 bits per heavy atom. The minimum atomic E-state index is -0.177. The van der Waals surface area contributed by atoms with Gasteiger partial charge in [-0.3, -0.25) is 9.59 Å². The molecule has 0 atom stereocenters. The maximum Gasteiger partial charge on any atom is 0.223 e. The van der Waals surface area contributed by atoms with Crippen molar-refractivity contribution in [3.05, 3.63) is 80.8 Å². The molecule has 2 nitrogen and oxygen atoms in total. The molecule has 0 N–H and O–H groups in total. The first-order valence-electron chi connectivity index (χ1n) is 6.83. The van der Waals surface area contributed by atoms with Gasteiger partial charge in [-0.15, -0.1) is 0 Å². The summed E-state index contributed by atoms with van der Waals surface area (Å²) in [6.45, 7) is 0. The first-order chi connectivity index (χ1) is 11.5. The van der Waals surface area contributed by atoms with Gasteiger partial charge in [0.1, 0.15) is 0 Å². The predicted molar refractivity (Wildman–Crippen MR) is 112 cm³/mol. The summed E-state index contributed by atoms with van der Waals surface area (Å²) in [6, 6.07) is 15.2. The predicted octanol–water partition coefficient (Wildman–Crippen LogP) is 6.37. The molecule has 0 amide bonds. The zero-order chi connectivity index (χ0) is 17.4. The highest BCUT2D eigenvalue weighted by atomic mass is 79.9. The van der Waals surface area contributed by atoms with Crippen LogP contribution in [0, 0.1) is 0 Å². The van der Waals surface area contributed by atoms with Crippen molar-refractivity contribution in [2.24, 2.45) is 0 Å². The molecule has 0 saturated heterocycles. The third-order valence-corrected chi connectivity index (χ3v) is 5.63. The summed E-state index contributed by atoms with van der Waals surface area (Å²) in [4.78, 5) is 23.6. The van der Waals surface area contributed by atoms with Gasteiger partial charge in [0.25, 0.3) is 0 Å². The van der Waals surface area contributed by atoms with Gasteiger partial charge in [0.05, 0.1) is 0 Å². The summed E-state index contributed by atoms with van der Waals surface area (Å²) < 4.78 is 1.90. The van der Waals surface area contributed by atoms with Crippen molar-refractivity contribution in [2.45, 2.75) is 0 Å². The lowest BCUT2D eigenvalue weighted by Gasteiger charge is -1.95. The summed E-state index contributed by atoms with van der Waals surface area (Å²) >= 11 is 6.75. The standard InChI is InChI=1S/C18H12Br2O2S2/c19-15-5-1-3-13(11-15)7-9-17(21)23-24-18(22)10-8-14-4-2-6-16(20)12-14/h1-12H/b9-7+,10-8+. The quantitative estimate of drug-likeness (QED) is 0.373. The highest BCUT2D eigenvalue weighted by molar-refractivity contribution is 9.10. The van der Waals surface area contributed by atoms with E-state index in [-0.39, 0.29) is 10.2 Å². The molecule has 0 aliphatic heterocycles. The lowest BCUT2D eigenvalue weighted by Crippen LogP contribution is -1.86. The van der Waals surface area contributed by atoms with Crippen molar-refractivity contribution < 1.29 is 9.59 Å². The van der Waals surface area contributed by atoms with Gasteiger partial charge in [-0.1, -0.05) is 68.3 Å². The highest BCUT2D eigenvalue weighted by Gasteiger charge is 2.04. The Bertz CT molecular complexity index is 734. The van der Waals surface area contributed by atoms with E-state index in [1.54, 1.807) is 12.2 Å². The van der Waals surface area contributed by atoms with Crippen LogP contribution < -0.4 is 0 Å². The molecular formula is C18H12Br2O2S2. The van der Waals surface area contributed by atoms with Crippen LogP contribution in [-0.4, -0.2) is 10.2 Å². The first-order valence-corrected chi connectivity index (χ1v) is 10.6. The Labute approximate surface area is 165 Å². The Kier molecular flexibility index (Phi) is 8.05. The number of benzene rings is 2. The molecule has 2 aromatic rings. The van der Waals surface area contributed by atoms with E-state index in [9.17, 15) is 9.59 Å². The molecular weight excluding hydrogens is 472 g/mol. The molecule has 0 fully saturated rings. The molecule has 2 aromatic carbocycles. The third kappa shape index (κ3) is 7.21. The summed E-state index contributed by atoms with van der Waals surface area (Å²) in [7, 11) is 1.83. The maximum absolute atomic E-state index is 11.8. The van der Waals surface area contributed by atoms with E-state index < -0.39 is 0 Å². The largest absolute Gasteiger partial charge is 0.281 e. The van der Waals surface area contributed by atoms with E-state index in [1.165, 1.54) is 12.2 Å². The van der Waals surface area contributed by atoms with Crippen molar-refractivity contribution >= 4 is 75.8 Å². The van der Waals surface area contributed by atoms with E-state index in [1.807, 2.05) is 48.5 Å². The Morgan fingerprint density at radius 3 is 1.54 bits per heavy atom. The van der Waals surface area contributed by atoms with Gasteiger partial charge in [-0.2, -0.15) is 0 Å². The van der Waals surface area contributed by atoms with Crippen LogP contribution in [-0.2, 0) is 9.59 Å². The van der Waals surface area contributed by atoms with Gasteiger partial charge >= 0.3 is 0 Å². The van der Waals surface area contributed by atoms with Crippen LogP contribution in [0.25, 0.3) is 12.2 Å². The third-order valence-electron chi connectivity index (χ3n) is 2.73.